The lowest BCUT2D eigenvalue weighted by molar-refractivity contribution is 0.368. The molecule has 0 aliphatic heterocycles. The number of imidazole rings is 1. The molecule has 0 amide bonds. The largest absolute Gasteiger partial charge is 0.359 e. The molecule has 2 aromatic heterocycles. The Morgan fingerprint density at radius 1 is 1.13 bits per heavy atom. The van der Waals surface area contributed by atoms with Gasteiger partial charge in [-0.1, -0.05) is 43.3 Å². The van der Waals surface area contributed by atoms with Gasteiger partial charge >= 0.3 is 0 Å². The zero-order valence-electron chi connectivity index (χ0n) is 18.4. The highest BCUT2D eigenvalue weighted by Gasteiger charge is 2.13. The molecular formula is C23H32N6O. The first-order valence-electron chi connectivity index (χ1n) is 10.6. The van der Waals surface area contributed by atoms with Crippen molar-refractivity contribution in [2.45, 2.75) is 59.2 Å². The molecule has 3 aromatic rings. The van der Waals surface area contributed by atoms with Crippen LogP contribution in [0.2, 0.25) is 0 Å². The van der Waals surface area contributed by atoms with Crippen LogP contribution in [0.3, 0.4) is 0 Å². The third kappa shape index (κ3) is 5.72. The van der Waals surface area contributed by atoms with Crippen LogP contribution < -0.4 is 10.6 Å². The molecule has 2 N–H and O–H groups in total. The van der Waals surface area contributed by atoms with Crippen molar-refractivity contribution < 1.29 is 4.52 Å². The van der Waals surface area contributed by atoms with Gasteiger partial charge in [0.15, 0.2) is 11.7 Å². The van der Waals surface area contributed by atoms with E-state index in [2.05, 4.69) is 68.4 Å². The Balaban J connectivity index is 1.52. The van der Waals surface area contributed by atoms with E-state index in [0.717, 1.165) is 42.6 Å². The number of aryl methyl sites for hydroxylation is 1. The lowest BCUT2D eigenvalue weighted by atomic mass is 9.99. The summed E-state index contributed by atoms with van der Waals surface area (Å²) in [5.74, 6) is 3.02. The van der Waals surface area contributed by atoms with Crippen LogP contribution in [0, 0.1) is 6.92 Å². The zero-order chi connectivity index (χ0) is 21.3. The molecule has 1 aromatic carbocycles. The molecule has 7 nitrogen and oxygen atoms in total. The molecule has 0 aliphatic carbocycles. The summed E-state index contributed by atoms with van der Waals surface area (Å²) in [7, 11) is 1.77. The van der Waals surface area contributed by atoms with Gasteiger partial charge < -0.3 is 19.7 Å². The average Bonchev–Trinajstić information content (AvgIpc) is 3.39. The van der Waals surface area contributed by atoms with Gasteiger partial charge in [-0.05, 0) is 30.9 Å². The lowest BCUT2D eigenvalue weighted by Crippen LogP contribution is -2.36. The van der Waals surface area contributed by atoms with Crippen molar-refractivity contribution in [1.82, 2.24) is 25.3 Å². The summed E-state index contributed by atoms with van der Waals surface area (Å²) in [6.07, 6.45) is 5.97. The molecule has 0 fully saturated rings. The Kier molecular flexibility index (Phi) is 7.65. The van der Waals surface area contributed by atoms with Gasteiger partial charge in [0.05, 0.1) is 12.2 Å². The number of guanidine groups is 1. The van der Waals surface area contributed by atoms with Crippen LogP contribution in [0.25, 0.3) is 0 Å². The first-order valence-corrected chi connectivity index (χ1v) is 10.6. The minimum Gasteiger partial charge on any atom is -0.359 e. The summed E-state index contributed by atoms with van der Waals surface area (Å²) in [6.45, 7) is 8.43. The second-order valence-corrected chi connectivity index (χ2v) is 7.43. The first kappa shape index (κ1) is 21.6. The van der Waals surface area contributed by atoms with E-state index in [1.165, 1.54) is 11.1 Å². The van der Waals surface area contributed by atoms with Crippen molar-refractivity contribution in [3.05, 3.63) is 71.1 Å². The molecule has 3 rings (SSSR count). The number of aromatic nitrogens is 3. The molecule has 0 atom stereocenters. The van der Waals surface area contributed by atoms with Crippen LogP contribution in [0.4, 0.5) is 0 Å². The zero-order valence-corrected chi connectivity index (χ0v) is 18.4. The predicted octanol–water partition coefficient (Wildman–Crippen LogP) is 4.00. The summed E-state index contributed by atoms with van der Waals surface area (Å²) >= 11 is 0. The van der Waals surface area contributed by atoms with E-state index in [1.807, 2.05) is 25.4 Å². The monoisotopic (exact) mass is 408 g/mol. The summed E-state index contributed by atoms with van der Waals surface area (Å²) in [6, 6.07) is 10.6. The maximum absolute atomic E-state index is 5.48. The topological polar surface area (TPSA) is 80.3 Å². The highest BCUT2D eigenvalue weighted by atomic mass is 16.5. The number of benzene rings is 1. The summed E-state index contributed by atoms with van der Waals surface area (Å²) in [5.41, 5.74) is 3.47. The van der Waals surface area contributed by atoms with E-state index in [9.17, 15) is 0 Å². The standard InChI is InChI=1S/C23H32N6O/c1-5-20(6-2)22-13-21(30-28-22)15-27-23(24-4)26-14-18-8-7-9-19(12-18)16-29-11-10-25-17(29)3/h7-13,20H,5-6,14-16H2,1-4H3,(H2,24,26,27). The molecule has 0 saturated heterocycles. The minimum absolute atomic E-state index is 0.457. The van der Waals surface area contributed by atoms with Gasteiger partial charge in [0, 0.05) is 44.5 Å². The normalized spacial score (nSPS) is 11.8. The van der Waals surface area contributed by atoms with Gasteiger partial charge in [-0.15, -0.1) is 0 Å². The maximum atomic E-state index is 5.48. The third-order valence-electron chi connectivity index (χ3n) is 5.36. The van der Waals surface area contributed by atoms with Crippen molar-refractivity contribution in [2.24, 2.45) is 4.99 Å². The van der Waals surface area contributed by atoms with Crippen LogP contribution in [-0.4, -0.2) is 27.7 Å². The van der Waals surface area contributed by atoms with E-state index in [4.69, 9.17) is 4.52 Å². The SMILES string of the molecule is CCC(CC)c1cc(CNC(=NC)NCc2cccc(Cn3ccnc3C)c2)on1. The second kappa shape index (κ2) is 10.6. The van der Waals surface area contributed by atoms with Crippen LogP contribution in [0.5, 0.6) is 0 Å². The van der Waals surface area contributed by atoms with E-state index in [1.54, 1.807) is 7.05 Å². The van der Waals surface area contributed by atoms with Gasteiger partial charge in [0.1, 0.15) is 5.82 Å². The molecular weight excluding hydrogens is 376 g/mol. The molecule has 0 radical (unpaired) electrons. The highest BCUT2D eigenvalue weighted by Crippen LogP contribution is 2.22. The number of nitrogens with one attached hydrogen (secondary N) is 2. The molecule has 0 aliphatic rings. The van der Waals surface area contributed by atoms with E-state index < -0.39 is 0 Å². The fourth-order valence-electron chi connectivity index (χ4n) is 3.49. The van der Waals surface area contributed by atoms with Crippen molar-refractivity contribution in [1.29, 1.82) is 0 Å². The quantitative estimate of drug-likeness (QED) is 0.413. The molecule has 30 heavy (non-hydrogen) atoms. The molecule has 0 saturated carbocycles. The van der Waals surface area contributed by atoms with Gasteiger partial charge in [-0.25, -0.2) is 4.98 Å². The smallest absolute Gasteiger partial charge is 0.191 e. The lowest BCUT2D eigenvalue weighted by Gasteiger charge is -2.12. The summed E-state index contributed by atoms with van der Waals surface area (Å²) in [5, 5.41) is 10.9. The van der Waals surface area contributed by atoms with Crippen molar-refractivity contribution in [3.8, 4) is 0 Å². The van der Waals surface area contributed by atoms with Crippen LogP contribution in [0.1, 0.15) is 61.0 Å². The molecule has 7 heteroatoms. The first-order chi connectivity index (χ1) is 14.6. The maximum Gasteiger partial charge on any atom is 0.191 e. The van der Waals surface area contributed by atoms with Gasteiger partial charge in [0.25, 0.3) is 0 Å². The van der Waals surface area contributed by atoms with Crippen LogP contribution >= 0.6 is 0 Å². The Hall–Kier alpha value is -3.09. The minimum atomic E-state index is 0.457. The highest BCUT2D eigenvalue weighted by molar-refractivity contribution is 5.79. The summed E-state index contributed by atoms with van der Waals surface area (Å²) in [4.78, 5) is 8.59. The fourth-order valence-corrected chi connectivity index (χ4v) is 3.49. The van der Waals surface area contributed by atoms with Crippen molar-refractivity contribution >= 4 is 5.96 Å². The van der Waals surface area contributed by atoms with E-state index in [0.29, 0.717) is 19.0 Å². The number of aliphatic imine (C=N–C) groups is 1. The molecule has 2 heterocycles. The van der Waals surface area contributed by atoms with E-state index in [-0.39, 0.29) is 0 Å². The second-order valence-electron chi connectivity index (χ2n) is 7.43. The summed E-state index contributed by atoms with van der Waals surface area (Å²) < 4.78 is 7.62. The number of rotatable bonds is 9. The predicted molar refractivity (Wildman–Crippen MR) is 119 cm³/mol. The van der Waals surface area contributed by atoms with Gasteiger partial charge in [-0.2, -0.15) is 0 Å². The molecule has 0 spiro atoms. The molecule has 0 bridgehead atoms. The van der Waals surface area contributed by atoms with Crippen LogP contribution in [-0.2, 0) is 19.6 Å². The van der Waals surface area contributed by atoms with Crippen molar-refractivity contribution in [2.75, 3.05) is 7.05 Å². The molecule has 0 unspecified atom stereocenters. The van der Waals surface area contributed by atoms with Crippen molar-refractivity contribution in [3.63, 3.8) is 0 Å². The van der Waals surface area contributed by atoms with E-state index >= 15 is 0 Å². The Morgan fingerprint density at radius 3 is 2.60 bits per heavy atom. The molecule has 160 valence electrons. The third-order valence-corrected chi connectivity index (χ3v) is 5.36. The number of hydrogen-bond donors (Lipinski definition) is 2. The fraction of sp³-hybridized carbons (Fsp3) is 0.435. The van der Waals surface area contributed by atoms with Crippen LogP contribution in [0.15, 0.2) is 52.2 Å². The van der Waals surface area contributed by atoms with Gasteiger partial charge in [-0.3, -0.25) is 4.99 Å². The number of hydrogen-bond acceptors (Lipinski definition) is 4. The Bertz CT molecular complexity index is 954. The number of nitrogens with zero attached hydrogens (tertiary/aromatic N) is 4. The Morgan fingerprint density at radius 2 is 1.90 bits per heavy atom. The Labute approximate surface area is 178 Å². The van der Waals surface area contributed by atoms with Gasteiger partial charge in [0.2, 0.25) is 0 Å². The average molecular weight is 409 g/mol.